The molecule has 138 valence electrons. The Morgan fingerprint density at radius 3 is 2.31 bits per heavy atom. The average Bonchev–Trinajstić information content (AvgIpc) is 2.83. The van der Waals surface area contributed by atoms with Gasteiger partial charge in [-0.3, -0.25) is 0 Å². The molecule has 1 unspecified atom stereocenters. The fourth-order valence-electron chi connectivity index (χ4n) is 3.80. The van der Waals surface area contributed by atoms with Gasteiger partial charge in [0.05, 0.1) is 16.8 Å². The van der Waals surface area contributed by atoms with Crippen LogP contribution in [0.15, 0.2) is 12.1 Å². The fraction of sp³-hybridized carbons (Fsp3) is 0.476. The van der Waals surface area contributed by atoms with Crippen molar-refractivity contribution in [3.8, 4) is 5.69 Å². The Morgan fingerprint density at radius 1 is 1.04 bits per heavy atom. The summed E-state index contributed by atoms with van der Waals surface area (Å²) >= 11 is 0. The molecular formula is C21H29N5. The van der Waals surface area contributed by atoms with Crippen LogP contribution >= 0.6 is 0 Å². The smallest absolute Gasteiger partial charge is 0.168 e. The first-order chi connectivity index (χ1) is 12.3. The van der Waals surface area contributed by atoms with E-state index in [4.69, 9.17) is 10.1 Å². The Kier molecular flexibility index (Phi) is 4.99. The Hall–Kier alpha value is -2.43. The molecule has 2 heterocycles. The second-order valence-corrected chi connectivity index (χ2v) is 7.40. The van der Waals surface area contributed by atoms with Crippen LogP contribution in [0.4, 0.5) is 5.82 Å². The molecule has 0 aliphatic rings. The molecule has 0 saturated carbocycles. The molecule has 0 aliphatic carbocycles. The van der Waals surface area contributed by atoms with Gasteiger partial charge in [-0.1, -0.05) is 31.0 Å². The van der Waals surface area contributed by atoms with E-state index >= 15 is 0 Å². The number of fused-ring (bicyclic) bond motifs is 1. The van der Waals surface area contributed by atoms with Gasteiger partial charge in [-0.05, 0) is 59.1 Å². The van der Waals surface area contributed by atoms with Crippen LogP contribution in [0.3, 0.4) is 0 Å². The van der Waals surface area contributed by atoms with E-state index in [0.29, 0.717) is 6.04 Å². The van der Waals surface area contributed by atoms with Gasteiger partial charge < -0.3 is 5.32 Å². The maximum Gasteiger partial charge on any atom is 0.168 e. The van der Waals surface area contributed by atoms with Gasteiger partial charge in [-0.2, -0.15) is 5.10 Å². The van der Waals surface area contributed by atoms with Gasteiger partial charge in [0.2, 0.25) is 0 Å². The molecule has 5 heteroatoms. The summed E-state index contributed by atoms with van der Waals surface area (Å²) in [6.07, 6.45) is 2.25. The van der Waals surface area contributed by atoms with Crippen LogP contribution in [-0.4, -0.2) is 25.8 Å². The zero-order chi connectivity index (χ0) is 19.0. The van der Waals surface area contributed by atoms with E-state index in [-0.39, 0.29) is 0 Å². The van der Waals surface area contributed by atoms with Gasteiger partial charge >= 0.3 is 0 Å². The zero-order valence-electron chi connectivity index (χ0n) is 16.9. The third kappa shape index (κ3) is 3.30. The van der Waals surface area contributed by atoms with E-state index in [2.05, 4.69) is 57.1 Å². The summed E-state index contributed by atoms with van der Waals surface area (Å²) in [5.74, 6) is 1.65. The van der Waals surface area contributed by atoms with Crippen molar-refractivity contribution >= 4 is 16.9 Å². The maximum atomic E-state index is 4.84. The molecule has 1 N–H and O–H groups in total. The lowest BCUT2D eigenvalue weighted by Gasteiger charge is -2.15. The number of rotatable bonds is 5. The van der Waals surface area contributed by atoms with Crippen molar-refractivity contribution in [2.75, 3.05) is 5.32 Å². The standard InChI is InChI=1S/C21H29N5/c1-8-9-15(5)22-20-18-16(6)25-26(21(18)24-17(7)23-20)19-13(3)10-12(2)11-14(19)4/h10-11,15H,8-9H2,1-7H3,(H,22,23,24). The monoisotopic (exact) mass is 351 g/mol. The lowest BCUT2D eigenvalue weighted by molar-refractivity contribution is 0.687. The molecule has 0 bridgehead atoms. The molecule has 0 spiro atoms. The number of aromatic nitrogens is 4. The lowest BCUT2D eigenvalue weighted by Crippen LogP contribution is -2.16. The van der Waals surface area contributed by atoms with E-state index in [0.717, 1.165) is 46.9 Å². The Bertz CT molecular complexity index is 932. The summed E-state index contributed by atoms with van der Waals surface area (Å²) in [6, 6.07) is 4.76. The van der Waals surface area contributed by atoms with Crippen LogP contribution in [0.2, 0.25) is 0 Å². The number of benzene rings is 1. The van der Waals surface area contributed by atoms with Crippen LogP contribution < -0.4 is 5.32 Å². The number of hydrogen-bond acceptors (Lipinski definition) is 4. The van der Waals surface area contributed by atoms with E-state index in [9.17, 15) is 0 Å². The van der Waals surface area contributed by atoms with Gasteiger partial charge in [0.25, 0.3) is 0 Å². The second kappa shape index (κ2) is 7.06. The topological polar surface area (TPSA) is 55.6 Å². The molecule has 0 amide bonds. The molecule has 0 radical (unpaired) electrons. The van der Waals surface area contributed by atoms with Crippen molar-refractivity contribution in [3.05, 3.63) is 40.3 Å². The maximum absolute atomic E-state index is 4.84. The fourth-order valence-corrected chi connectivity index (χ4v) is 3.80. The van der Waals surface area contributed by atoms with E-state index in [1.807, 2.05) is 18.5 Å². The number of aryl methyl sites for hydroxylation is 5. The van der Waals surface area contributed by atoms with Gasteiger partial charge in [-0.25, -0.2) is 14.6 Å². The summed E-state index contributed by atoms with van der Waals surface area (Å²) in [5.41, 5.74) is 6.61. The molecular weight excluding hydrogens is 322 g/mol. The van der Waals surface area contributed by atoms with Gasteiger partial charge in [0.15, 0.2) is 5.65 Å². The Labute approximate surface area is 155 Å². The molecule has 5 nitrogen and oxygen atoms in total. The number of anilines is 1. The van der Waals surface area contributed by atoms with Crippen molar-refractivity contribution in [2.45, 2.75) is 67.3 Å². The summed E-state index contributed by atoms with van der Waals surface area (Å²) in [4.78, 5) is 9.42. The largest absolute Gasteiger partial charge is 0.367 e. The van der Waals surface area contributed by atoms with Gasteiger partial charge in [-0.15, -0.1) is 0 Å². The highest BCUT2D eigenvalue weighted by molar-refractivity contribution is 5.90. The SMILES string of the molecule is CCCC(C)Nc1nc(C)nc2c1c(C)nn2-c1c(C)cc(C)cc1C. The molecule has 1 atom stereocenters. The molecule has 1 aromatic carbocycles. The average molecular weight is 351 g/mol. The van der Waals surface area contributed by atoms with Crippen molar-refractivity contribution < 1.29 is 0 Å². The normalized spacial score (nSPS) is 12.6. The lowest BCUT2D eigenvalue weighted by atomic mass is 10.1. The summed E-state index contributed by atoms with van der Waals surface area (Å²) in [5, 5.41) is 9.42. The quantitative estimate of drug-likeness (QED) is 0.706. The molecule has 0 fully saturated rings. The third-order valence-electron chi connectivity index (χ3n) is 4.77. The predicted molar refractivity (Wildman–Crippen MR) is 108 cm³/mol. The van der Waals surface area contributed by atoms with Crippen LogP contribution in [0.5, 0.6) is 0 Å². The second-order valence-electron chi connectivity index (χ2n) is 7.40. The summed E-state index contributed by atoms with van der Waals surface area (Å²) in [7, 11) is 0. The Morgan fingerprint density at radius 2 is 1.69 bits per heavy atom. The minimum atomic E-state index is 0.364. The molecule has 3 aromatic rings. The highest BCUT2D eigenvalue weighted by atomic mass is 15.3. The molecule has 2 aromatic heterocycles. The van der Waals surface area contributed by atoms with Crippen LogP contribution in [-0.2, 0) is 0 Å². The minimum Gasteiger partial charge on any atom is -0.367 e. The van der Waals surface area contributed by atoms with Crippen LogP contribution in [0.1, 0.15) is 54.9 Å². The summed E-state index contributed by atoms with van der Waals surface area (Å²) in [6.45, 7) is 14.8. The number of nitrogens with zero attached hydrogens (tertiary/aromatic N) is 4. The van der Waals surface area contributed by atoms with Crippen molar-refractivity contribution in [2.24, 2.45) is 0 Å². The van der Waals surface area contributed by atoms with Crippen LogP contribution in [0.25, 0.3) is 16.7 Å². The zero-order valence-corrected chi connectivity index (χ0v) is 16.9. The van der Waals surface area contributed by atoms with Crippen molar-refractivity contribution in [3.63, 3.8) is 0 Å². The van der Waals surface area contributed by atoms with Crippen molar-refractivity contribution in [1.82, 2.24) is 19.7 Å². The van der Waals surface area contributed by atoms with Crippen LogP contribution in [0, 0.1) is 34.6 Å². The summed E-state index contributed by atoms with van der Waals surface area (Å²) < 4.78 is 1.99. The first-order valence-corrected chi connectivity index (χ1v) is 9.40. The number of hydrogen-bond donors (Lipinski definition) is 1. The Balaban J connectivity index is 2.23. The van der Waals surface area contributed by atoms with E-state index in [1.165, 1.54) is 16.7 Å². The number of nitrogens with one attached hydrogen (secondary N) is 1. The van der Waals surface area contributed by atoms with Gasteiger partial charge in [0.1, 0.15) is 11.6 Å². The minimum absolute atomic E-state index is 0.364. The first-order valence-electron chi connectivity index (χ1n) is 9.40. The van der Waals surface area contributed by atoms with Gasteiger partial charge in [0, 0.05) is 6.04 Å². The van der Waals surface area contributed by atoms with Crippen molar-refractivity contribution in [1.29, 1.82) is 0 Å². The molecule has 26 heavy (non-hydrogen) atoms. The molecule has 3 rings (SSSR count). The molecule has 0 saturated heterocycles. The first kappa shape index (κ1) is 18.4. The highest BCUT2D eigenvalue weighted by Crippen LogP contribution is 2.29. The predicted octanol–water partition coefficient (Wildman–Crippen LogP) is 4.96. The third-order valence-corrected chi connectivity index (χ3v) is 4.77. The highest BCUT2D eigenvalue weighted by Gasteiger charge is 2.19. The molecule has 0 aliphatic heterocycles. The van der Waals surface area contributed by atoms with E-state index in [1.54, 1.807) is 0 Å². The van der Waals surface area contributed by atoms with E-state index < -0.39 is 0 Å².